The van der Waals surface area contributed by atoms with Crippen LogP contribution in [0.2, 0.25) is 0 Å². The standard InChI is InChI=1S/C17H28N5O8P/c1-2-3-6-28-7-4-5-18-15-12-16(20-9-19-15)22(10-21-12)17-14(24)13(23)11(30-17)8-29-31(25,26)27/h9-11,13-14,17,23-24H,2-8H2,1H3,(H,18,19,20)(H2,25,26,27)/t11?,13-,14-,17-/m1/s1. The van der Waals surface area contributed by atoms with Crippen LogP contribution >= 0.6 is 7.82 Å². The molecule has 5 N–H and O–H groups in total. The predicted molar refractivity (Wildman–Crippen MR) is 108 cm³/mol. The largest absolute Gasteiger partial charge is 0.469 e. The highest BCUT2D eigenvalue weighted by molar-refractivity contribution is 7.46. The summed E-state index contributed by atoms with van der Waals surface area (Å²) in [5.41, 5.74) is 0.819. The van der Waals surface area contributed by atoms with Crippen molar-refractivity contribution < 1.29 is 38.6 Å². The Hall–Kier alpha value is -1.70. The molecule has 14 heteroatoms. The van der Waals surface area contributed by atoms with Gasteiger partial charge < -0.3 is 34.8 Å². The fourth-order valence-electron chi connectivity index (χ4n) is 3.16. The van der Waals surface area contributed by atoms with E-state index in [0.29, 0.717) is 30.1 Å². The number of aromatic nitrogens is 4. The van der Waals surface area contributed by atoms with E-state index in [4.69, 9.17) is 19.3 Å². The number of nitrogens with one attached hydrogen (secondary N) is 1. The van der Waals surface area contributed by atoms with Crippen LogP contribution in [0.1, 0.15) is 32.4 Å². The van der Waals surface area contributed by atoms with Gasteiger partial charge in [-0.3, -0.25) is 9.09 Å². The van der Waals surface area contributed by atoms with E-state index in [-0.39, 0.29) is 0 Å². The summed E-state index contributed by atoms with van der Waals surface area (Å²) in [6.07, 6.45) is 0.639. The van der Waals surface area contributed by atoms with Gasteiger partial charge in [0.15, 0.2) is 23.2 Å². The highest BCUT2D eigenvalue weighted by atomic mass is 31.2. The molecule has 0 aromatic carbocycles. The van der Waals surface area contributed by atoms with Gasteiger partial charge in [-0.2, -0.15) is 0 Å². The molecule has 1 saturated heterocycles. The molecule has 3 rings (SSSR count). The number of unbranched alkanes of at least 4 members (excludes halogenated alkanes) is 1. The van der Waals surface area contributed by atoms with Crippen LogP contribution in [0.3, 0.4) is 0 Å². The highest BCUT2D eigenvalue weighted by Crippen LogP contribution is 2.38. The SMILES string of the molecule is CCCCOCCCNc1ncnc2c1ncn2[C@@H]1OC(COP(=O)(O)O)[C@@H](O)[C@H]1O. The summed E-state index contributed by atoms with van der Waals surface area (Å²) < 4.78 is 27.8. The minimum atomic E-state index is -4.74. The summed E-state index contributed by atoms with van der Waals surface area (Å²) in [6, 6.07) is 0. The van der Waals surface area contributed by atoms with Crippen LogP contribution in [0.25, 0.3) is 11.2 Å². The number of hydrogen-bond donors (Lipinski definition) is 5. The van der Waals surface area contributed by atoms with Crippen LogP contribution in [0, 0.1) is 0 Å². The summed E-state index contributed by atoms with van der Waals surface area (Å²) in [5.74, 6) is 0.506. The zero-order chi connectivity index (χ0) is 22.4. The first kappa shape index (κ1) is 24.0. The van der Waals surface area contributed by atoms with Gasteiger partial charge >= 0.3 is 7.82 Å². The lowest BCUT2D eigenvalue weighted by molar-refractivity contribution is -0.0504. The average molecular weight is 461 g/mol. The molecule has 1 unspecified atom stereocenters. The minimum absolute atomic E-state index is 0.365. The molecular formula is C17H28N5O8P. The average Bonchev–Trinajstić information content (AvgIpc) is 3.27. The molecule has 1 aliphatic rings. The number of ether oxygens (including phenoxy) is 2. The number of phosphoric ester groups is 1. The van der Waals surface area contributed by atoms with Crippen molar-refractivity contribution in [2.75, 3.05) is 31.7 Å². The van der Waals surface area contributed by atoms with Crippen molar-refractivity contribution in [3.8, 4) is 0 Å². The van der Waals surface area contributed by atoms with E-state index in [1.807, 2.05) is 0 Å². The molecule has 2 aromatic rings. The van der Waals surface area contributed by atoms with E-state index < -0.39 is 39.0 Å². The second kappa shape index (κ2) is 10.7. The lowest BCUT2D eigenvalue weighted by Crippen LogP contribution is -2.33. The number of hydrogen-bond acceptors (Lipinski definition) is 10. The topological polar surface area (TPSA) is 181 Å². The smallest absolute Gasteiger partial charge is 0.387 e. The number of aliphatic hydroxyl groups is 2. The van der Waals surface area contributed by atoms with E-state index in [0.717, 1.165) is 25.9 Å². The summed E-state index contributed by atoms with van der Waals surface area (Å²) in [5, 5.41) is 23.7. The van der Waals surface area contributed by atoms with Crippen molar-refractivity contribution in [2.24, 2.45) is 0 Å². The zero-order valence-corrected chi connectivity index (χ0v) is 18.0. The number of imidazole rings is 1. The molecule has 0 saturated carbocycles. The Morgan fingerprint density at radius 3 is 2.71 bits per heavy atom. The van der Waals surface area contributed by atoms with Crippen LogP contribution in [0.5, 0.6) is 0 Å². The maximum atomic E-state index is 10.9. The molecule has 0 radical (unpaired) electrons. The van der Waals surface area contributed by atoms with Crippen LogP contribution in [-0.4, -0.2) is 84.2 Å². The molecule has 1 aliphatic heterocycles. The Bertz CT molecular complexity index is 893. The van der Waals surface area contributed by atoms with E-state index in [9.17, 15) is 14.8 Å². The second-order valence-electron chi connectivity index (χ2n) is 7.13. The van der Waals surface area contributed by atoms with Gasteiger partial charge in [-0.25, -0.2) is 19.5 Å². The molecule has 0 aliphatic carbocycles. The monoisotopic (exact) mass is 461 g/mol. The first-order valence-electron chi connectivity index (χ1n) is 10.0. The Morgan fingerprint density at radius 2 is 1.97 bits per heavy atom. The number of phosphoric acid groups is 1. The Balaban J connectivity index is 1.64. The van der Waals surface area contributed by atoms with E-state index in [1.165, 1.54) is 17.2 Å². The van der Waals surface area contributed by atoms with Crippen molar-refractivity contribution in [1.29, 1.82) is 0 Å². The molecule has 13 nitrogen and oxygen atoms in total. The Labute approximate surface area is 178 Å². The second-order valence-corrected chi connectivity index (χ2v) is 8.36. The van der Waals surface area contributed by atoms with E-state index >= 15 is 0 Å². The predicted octanol–water partition coefficient (Wildman–Crippen LogP) is 0.173. The van der Waals surface area contributed by atoms with Crippen molar-refractivity contribution >= 4 is 24.8 Å². The molecule has 3 heterocycles. The van der Waals surface area contributed by atoms with E-state index in [2.05, 4.69) is 31.7 Å². The van der Waals surface area contributed by atoms with Gasteiger partial charge in [0, 0.05) is 19.8 Å². The fraction of sp³-hybridized carbons (Fsp3) is 0.706. The third-order valence-corrected chi connectivity index (χ3v) is 5.26. The molecule has 4 atom stereocenters. The maximum Gasteiger partial charge on any atom is 0.469 e. The van der Waals surface area contributed by atoms with Crippen molar-refractivity contribution in [3.05, 3.63) is 12.7 Å². The molecule has 31 heavy (non-hydrogen) atoms. The number of fused-ring (bicyclic) bond motifs is 1. The highest BCUT2D eigenvalue weighted by Gasteiger charge is 2.45. The van der Waals surface area contributed by atoms with Crippen LogP contribution in [0.4, 0.5) is 5.82 Å². The van der Waals surface area contributed by atoms with Crippen LogP contribution in [0.15, 0.2) is 12.7 Å². The van der Waals surface area contributed by atoms with Gasteiger partial charge in [0.1, 0.15) is 24.6 Å². The first-order valence-corrected chi connectivity index (χ1v) is 11.6. The van der Waals surface area contributed by atoms with Gasteiger partial charge in [0.25, 0.3) is 0 Å². The molecule has 2 aromatic heterocycles. The summed E-state index contributed by atoms with van der Waals surface area (Å²) >= 11 is 0. The molecule has 0 amide bonds. The minimum Gasteiger partial charge on any atom is -0.387 e. The summed E-state index contributed by atoms with van der Waals surface area (Å²) in [7, 11) is -4.74. The molecule has 0 bridgehead atoms. The van der Waals surface area contributed by atoms with Gasteiger partial charge in [-0.05, 0) is 12.8 Å². The first-order chi connectivity index (χ1) is 14.8. The molecular weight excluding hydrogens is 433 g/mol. The van der Waals surface area contributed by atoms with Crippen molar-refractivity contribution in [3.63, 3.8) is 0 Å². The third-order valence-electron chi connectivity index (χ3n) is 4.78. The fourth-order valence-corrected chi connectivity index (χ4v) is 3.51. The number of nitrogens with zero attached hydrogens (tertiary/aromatic N) is 4. The Morgan fingerprint density at radius 1 is 1.19 bits per heavy atom. The lowest BCUT2D eigenvalue weighted by atomic mass is 10.1. The molecule has 0 spiro atoms. The number of rotatable bonds is 12. The Kier molecular flexibility index (Phi) is 8.30. The third kappa shape index (κ3) is 6.18. The maximum absolute atomic E-state index is 10.9. The van der Waals surface area contributed by atoms with E-state index in [1.54, 1.807) is 0 Å². The molecule has 1 fully saturated rings. The van der Waals surface area contributed by atoms with Gasteiger partial charge in [0.2, 0.25) is 0 Å². The summed E-state index contributed by atoms with van der Waals surface area (Å²) in [4.78, 5) is 30.4. The normalized spacial score (nSPS) is 24.2. The lowest BCUT2D eigenvalue weighted by Gasteiger charge is -2.16. The van der Waals surface area contributed by atoms with Crippen molar-refractivity contribution in [1.82, 2.24) is 19.5 Å². The van der Waals surface area contributed by atoms with Crippen LogP contribution in [-0.2, 0) is 18.6 Å². The van der Waals surface area contributed by atoms with Gasteiger partial charge in [-0.1, -0.05) is 13.3 Å². The summed E-state index contributed by atoms with van der Waals surface area (Å²) in [6.45, 7) is 3.51. The quantitative estimate of drug-likeness (QED) is 0.214. The zero-order valence-electron chi connectivity index (χ0n) is 17.1. The number of anilines is 1. The van der Waals surface area contributed by atoms with Gasteiger partial charge in [-0.15, -0.1) is 0 Å². The van der Waals surface area contributed by atoms with Crippen molar-refractivity contribution in [2.45, 2.75) is 50.7 Å². The number of aliphatic hydroxyl groups excluding tert-OH is 2. The molecule has 174 valence electrons. The van der Waals surface area contributed by atoms with Gasteiger partial charge in [0.05, 0.1) is 12.9 Å². The van der Waals surface area contributed by atoms with Crippen LogP contribution < -0.4 is 5.32 Å².